The van der Waals surface area contributed by atoms with E-state index in [9.17, 15) is 33.9 Å². The van der Waals surface area contributed by atoms with Crippen molar-refractivity contribution in [2.45, 2.75) is 154 Å². The van der Waals surface area contributed by atoms with Crippen molar-refractivity contribution in [1.29, 1.82) is 0 Å². The van der Waals surface area contributed by atoms with Gasteiger partial charge >= 0.3 is 7.12 Å². The summed E-state index contributed by atoms with van der Waals surface area (Å²) in [4.78, 5) is 81.7. The van der Waals surface area contributed by atoms with E-state index in [4.69, 9.17) is 20.8 Å². The van der Waals surface area contributed by atoms with E-state index in [0.29, 0.717) is 17.4 Å². The molecule has 2 bridgehead atoms. The zero-order valence-corrected chi connectivity index (χ0v) is 37.4. The summed E-state index contributed by atoms with van der Waals surface area (Å²) in [6.07, 6.45) is 3.10. The minimum Gasteiger partial charge on any atom is -0.405 e. The lowest BCUT2D eigenvalue weighted by Gasteiger charge is -2.64. The number of aliphatic hydroxyl groups is 1. The molecular weight excluding hydrogens is 789 g/mol. The smallest absolute Gasteiger partial charge is 0.405 e. The minimum absolute atomic E-state index is 0.0457. The van der Waals surface area contributed by atoms with Crippen molar-refractivity contribution < 1.29 is 43.2 Å². The van der Waals surface area contributed by atoms with Crippen LogP contribution in [0, 0.1) is 23.2 Å². The Morgan fingerprint density at radius 1 is 0.887 bits per heavy atom. The highest BCUT2D eigenvalue weighted by Gasteiger charge is 2.68. The quantitative estimate of drug-likeness (QED) is 0.127. The molecule has 7 rings (SSSR count). The number of aliphatic hydroxyl groups excluding tert-OH is 1. The van der Waals surface area contributed by atoms with Gasteiger partial charge in [-0.2, -0.15) is 0 Å². The van der Waals surface area contributed by atoms with Gasteiger partial charge in [0.1, 0.15) is 12.1 Å². The standard InChI is InChI=1S/C47H66BN5O9/c1-8-9-10-29-11-13-30(14-12-29)31-15-17-32(18-16-31)45(60)53-25-34(49)23-36(53)44(59)52-42(28(4)54)38(56)19-26(2)43(58)51-35(24-41(50)57)37(55)20-27(3)48-61-40-22-33-21-39(46(33,5)6)47(40,7)62-48/h11-18,26-28,33-36,39-40,42,54H,8-10,19-25,49H2,1-7H3,(H2,50,57)(H,51,58)(H,52,59)/t26-,27-,28-,33+,34+,35+,36?,39+,40?,42+,47+/m1/s1. The number of aryl methyl sites for hydroxylation is 1. The second-order valence-electron chi connectivity index (χ2n) is 19.4. The second kappa shape index (κ2) is 19.1. The normalized spacial score (nSPS) is 27.2. The van der Waals surface area contributed by atoms with Gasteiger partial charge in [0.15, 0.2) is 11.6 Å². The van der Waals surface area contributed by atoms with Crippen LogP contribution < -0.4 is 22.1 Å². The average molecular weight is 856 g/mol. The first-order chi connectivity index (χ1) is 29.2. The molecule has 2 aliphatic heterocycles. The van der Waals surface area contributed by atoms with Gasteiger partial charge in [-0.25, -0.2) is 0 Å². The topological polar surface area (TPSA) is 220 Å². The molecule has 2 saturated heterocycles. The molecule has 0 aromatic heterocycles. The van der Waals surface area contributed by atoms with Crippen LogP contribution in [-0.4, -0.2) is 101 Å². The number of nitrogens with zero attached hydrogens (tertiary/aromatic N) is 1. The van der Waals surface area contributed by atoms with Gasteiger partial charge in [-0.15, -0.1) is 0 Å². The highest BCUT2D eigenvalue weighted by molar-refractivity contribution is 6.47. The molecular formula is C47H66BN5O9. The fourth-order valence-electron chi connectivity index (χ4n) is 10.3. The fourth-order valence-corrected chi connectivity index (χ4v) is 10.3. The molecule has 14 nitrogen and oxygen atoms in total. The van der Waals surface area contributed by atoms with Crippen LogP contribution in [0.4, 0.5) is 0 Å². The summed E-state index contributed by atoms with van der Waals surface area (Å²) >= 11 is 0. The number of ketones is 2. The van der Waals surface area contributed by atoms with Crippen LogP contribution in [0.15, 0.2) is 48.5 Å². The van der Waals surface area contributed by atoms with Crippen LogP contribution in [-0.2, 0) is 39.7 Å². The number of nitrogens with two attached hydrogens (primary N) is 2. The molecule has 3 saturated carbocycles. The first kappa shape index (κ1) is 47.1. The average Bonchev–Trinajstić information content (AvgIpc) is 3.81. The zero-order valence-electron chi connectivity index (χ0n) is 37.4. The summed E-state index contributed by atoms with van der Waals surface area (Å²) < 4.78 is 12.9. The maximum atomic E-state index is 13.8. The molecule has 15 heteroatoms. The molecule has 3 aliphatic carbocycles. The Balaban J connectivity index is 1.03. The van der Waals surface area contributed by atoms with E-state index in [1.807, 2.05) is 19.1 Å². The number of unbranched alkanes of at least 4 members (excludes halogenated alkanes) is 1. The van der Waals surface area contributed by atoms with E-state index in [1.165, 1.54) is 24.3 Å². The van der Waals surface area contributed by atoms with Crippen molar-refractivity contribution in [2.24, 2.45) is 34.6 Å². The number of likely N-dealkylation sites (tertiary alicyclic amines) is 1. The first-order valence-corrected chi connectivity index (χ1v) is 22.4. The number of rotatable bonds is 19. The van der Waals surface area contributed by atoms with Gasteiger partial charge in [-0.3, -0.25) is 28.8 Å². The molecule has 0 radical (unpaired) electrons. The number of benzene rings is 2. The van der Waals surface area contributed by atoms with Crippen molar-refractivity contribution in [2.75, 3.05) is 6.54 Å². The molecule has 2 aromatic carbocycles. The summed E-state index contributed by atoms with van der Waals surface area (Å²) in [6, 6.07) is 11.3. The number of hydrogen-bond donors (Lipinski definition) is 5. The molecule has 5 fully saturated rings. The number of Topliss-reactive ketones (excluding diaryl/α,β-unsaturated/α-hetero) is 2. The lowest BCUT2D eigenvalue weighted by molar-refractivity contribution is -0.199. The number of nitrogens with one attached hydrogen (secondary N) is 2. The summed E-state index contributed by atoms with van der Waals surface area (Å²) in [5, 5.41) is 15.9. The predicted molar refractivity (Wildman–Crippen MR) is 235 cm³/mol. The number of amides is 4. The highest BCUT2D eigenvalue weighted by Crippen LogP contribution is 2.66. The van der Waals surface area contributed by atoms with Gasteiger partial charge in [0, 0.05) is 36.9 Å². The highest BCUT2D eigenvalue weighted by atomic mass is 16.7. The van der Waals surface area contributed by atoms with Gasteiger partial charge in [-0.1, -0.05) is 77.4 Å². The van der Waals surface area contributed by atoms with Gasteiger partial charge in [-0.05, 0) is 97.8 Å². The molecule has 5 aliphatic rings. The molecule has 7 N–H and O–H groups in total. The van der Waals surface area contributed by atoms with Crippen molar-refractivity contribution in [3.63, 3.8) is 0 Å². The monoisotopic (exact) mass is 855 g/mol. The van der Waals surface area contributed by atoms with Crippen LogP contribution >= 0.6 is 0 Å². The lowest BCUT2D eigenvalue weighted by atomic mass is 9.43. The van der Waals surface area contributed by atoms with Crippen molar-refractivity contribution in [3.05, 3.63) is 59.7 Å². The SMILES string of the molecule is CCCCc1ccc(-c2ccc(C(=O)N3C[C@@H](N)CC3C(=O)N[C@H](C(=O)C[C@@H](C)C(=O)N[C@@H](CC(N)=O)C(=O)C[C@@H](C)B3OC4C[C@@H]5C[C@@H](C5(C)C)[C@]4(C)O3)[C@@H](C)O)cc2)cc1. The van der Waals surface area contributed by atoms with Crippen LogP contribution in [0.5, 0.6) is 0 Å². The van der Waals surface area contributed by atoms with Crippen LogP contribution in [0.2, 0.25) is 5.82 Å². The Bertz CT molecular complexity index is 1990. The van der Waals surface area contributed by atoms with Crippen LogP contribution in [0.25, 0.3) is 11.1 Å². The fraction of sp³-hybridized carbons (Fsp3) is 0.617. The Morgan fingerprint density at radius 2 is 1.53 bits per heavy atom. The van der Waals surface area contributed by atoms with Crippen LogP contribution in [0.1, 0.15) is 116 Å². The van der Waals surface area contributed by atoms with E-state index in [0.717, 1.165) is 43.2 Å². The van der Waals surface area contributed by atoms with E-state index in [2.05, 4.69) is 62.6 Å². The summed E-state index contributed by atoms with van der Waals surface area (Å²) in [7, 11) is -0.626. The second-order valence-corrected chi connectivity index (χ2v) is 19.4. The molecule has 2 unspecified atom stereocenters. The van der Waals surface area contributed by atoms with Gasteiger partial charge in [0.25, 0.3) is 5.91 Å². The van der Waals surface area contributed by atoms with E-state index in [1.54, 1.807) is 12.1 Å². The molecule has 0 spiro atoms. The van der Waals surface area contributed by atoms with E-state index < -0.39 is 96.9 Å². The minimum atomic E-state index is -1.41. The third kappa shape index (κ3) is 10.0. The first-order valence-electron chi connectivity index (χ1n) is 22.4. The Labute approximate surface area is 366 Å². The Morgan fingerprint density at radius 3 is 2.13 bits per heavy atom. The van der Waals surface area contributed by atoms with Crippen molar-refractivity contribution >= 4 is 42.3 Å². The van der Waals surface area contributed by atoms with Gasteiger partial charge in [0.05, 0.1) is 30.3 Å². The maximum absolute atomic E-state index is 13.8. The lowest BCUT2D eigenvalue weighted by Crippen LogP contribution is -2.65. The summed E-state index contributed by atoms with van der Waals surface area (Å²) in [5.74, 6) is -4.06. The third-order valence-electron chi connectivity index (χ3n) is 14.3. The molecule has 11 atom stereocenters. The summed E-state index contributed by atoms with van der Waals surface area (Å²) in [6.45, 7) is 13.6. The molecule has 2 aromatic rings. The predicted octanol–water partition coefficient (Wildman–Crippen LogP) is 4.14. The largest absolute Gasteiger partial charge is 0.461 e. The Kier molecular flexibility index (Phi) is 14.5. The van der Waals surface area contributed by atoms with Crippen molar-refractivity contribution in [3.8, 4) is 11.1 Å². The number of hydrogen-bond acceptors (Lipinski definition) is 10. The van der Waals surface area contributed by atoms with Gasteiger partial charge < -0.3 is 41.4 Å². The molecule has 336 valence electrons. The number of carbonyl (C=O) groups is 6. The maximum Gasteiger partial charge on any atom is 0.461 e. The molecule has 62 heavy (non-hydrogen) atoms. The Hall–Kier alpha value is -4.44. The zero-order chi connectivity index (χ0) is 45.3. The van der Waals surface area contributed by atoms with Gasteiger partial charge in [0.2, 0.25) is 17.7 Å². The molecule has 4 amide bonds. The van der Waals surface area contributed by atoms with E-state index in [-0.39, 0.29) is 36.7 Å². The number of carbonyl (C=O) groups excluding carboxylic acids is 6. The van der Waals surface area contributed by atoms with Crippen LogP contribution in [0.3, 0.4) is 0 Å². The third-order valence-corrected chi connectivity index (χ3v) is 14.3. The molecule has 2 heterocycles. The van der Waals surface area contributed by atoms with E-state index >= 15 is 0 Å². The van der Waals surface area contributed by atoms with Crippen molar-refractivity contribution in [1.82, 2.24) is 15.5 Å². The summed E-state index contributed by atoms with van der Waals surface area (Å²) in [5.41, 5.74) is 15.1. The number of primary amides is 1.